The number of amides is 1. The molecule has 0 saturated heterocycles. The van der Waals surface area contributed by atoms with Gasteiger partial charge in [0, 0.05) is 11.3 Å². The van der Waals surface area contributed by atoms with E-state index in [0.29, 0.717) is 15.5 Å². The molecule has 0 unspecified atom stereocenters. The van der Waals surface area contributed by atoms with Gasteiger partial charge in [-0.25, -0.2) is 0 Å². The zero-order valence-electron chi connectivity index (χ0n) is 8.23. The van der Waals surface area contributed by atoms with Gasteiger partial charge < -0.3 is 5.32 Å². The van der Waals surface area contributed by atoms with Crippen molar-refractivity contribution >= 4 is 45.9 Å². The van der Waals surface area contributed by atoms with Crippen molar-refractivity contribution in [3.8, 4) is 0 Å². The van der Waals surface area contributed by atoms with E-state index >= 15 is 0 Å². The number of aromatic amines is 1. The van der Waals surface area contributed by atoms with Crippen molar-refractivity contribution in [1.82, 2.24) is 10.2 Å². The summed E-state index contributed by atoms with van der Waals surface area (Å²) in [6.07, 6.45) is 1.23. The first-order valence-electron chi connectivity index (χ1n) is 4.62. The Bertz CT molecular complexity index is 514. The van der Waals surface area contributed by atoms with Crippen LogP contribution in [0.1, 0.15) is 11.3 Å². The Morgan fingerprint density at radius 1 is 1.62 bits per heavy atom. The molecule has 16 heavy (non-hydrogen) atoms. The lowest BCUT2D eigenvalue weighted by atomic mass is 10.2. The quantitative estimate of drug-likeness (QED) is 0.841. The fourth-order valence-corrected chi connectivity index (χ4v) is 2.67. The van der Waals surface area contributed by atoms with Crippen LogP contribution in [0.5, 0.6) is 0 Å². The van der Waals surface area contributed by atoms with E-state index in [1.807, 2.05) is 17.5 Å². The number of carbonyl (C=O) groups excluding carboxylic acids is 1. The lowest BCUT2D eigenvalue weighted by Crippen LogP contribution is -2.11. The van der Waals surface area contributed by atoms with Crippen molar-refractivity contribution in [3.63, 3.8) is 0 Å². The number of hydrogen-bond acceptors (Lipinski definition) is 5. The maximum atomic E-state index is 11.5. The molecule has 2 N–H and O–H groups in total. The minimum absolute atomic E-state index is 0.0360. The molecule has 0 aromatic carbocycles. The van der Waals surface area contributed by atoms with Crippen molar-refractivity contribution in [3.05, 3.63) is 26.3 Å². The SMILES string of the molecule is O=C(CCc1cccs1)Nc1n[nH]c(=S)s1. The number of carbonyl (C=O) groups is 1. The molecule has 0 bridgehead atoms. The van der Waals surface area contributed by atoms with Crippen molar-refractivity contribution in [2.24, 2.45) is 0 Å². The van der Waals surface area contributed by atoms with E-state index in [0.717, 1.165) is 6.42 Å². The predicted octanol–water partition coefficient (Wildman–Crippen LogP) is 2.83. The predicted molar refractivity (Wildman–Crippen MR) is 68.6 cm³/mol. The normalized spacial score (nSPS) is 10.2. The fourth-order valence-electron chi connectivity index (χ4n) is 1.16. The number of aryl methyl sites for hydroxylation is 1. The average molecular weight is 271 g/mol. The number of thiophene rings is 1. The summed E-state index contributed by atoms with van der Waals surface area (Å²) in [5, 5.41) is 11.7. The second-order valence-corrected chi connectivity index (χ2v) is 5.74. The standard InChI is InChI=1S/C9H9N3OS3/c13-7(4-3-6-2-1-5-15-6)10-8-11-12-9(14)16-8/h1-2,5H,3-4H2,(H,12,14)(H,10,11,13). The number of anilines is 1. The molecule has 0 atom stereocenters. The first-order valence-corrected chi connectivity index (χ1v) is 6.72. The third-order valence-electron chi connectivity index (χ3n) is 1.86. The summed E-state index contributed by atoms with van der Waals surface area (Å²) in [6, 6.07) is 4.01. The highest BCUT2D eigenvalue weighted by atomic mass is 32.1. The maximum Gasteiger partial charge on any atom is 0.226 e. The van der Waals surface area contributed by atoms with E-state index < -0.39 is 0 Å². The zero-order chi connectivity index (χ0) is 11.4. The Hall–Kier alpha value is -1.05. The van der Waals surface area contributed by atoms with Crippen LogP contribution in [0.25, 0.3) is 0 Å². The molecule has 2 aromatic heterocycles. The molecule has 1 amide bonds. The summed E-state index contributed by atoms with van der Waals surface area (Å²) in [5.41, 5.74) is 0. The van der Waals surface area contributed by atoms with Crippen LogP contribution in [0.2, 0.25) is 0 Å². The Labute approximate surface area is 105 Å². The summed E-state index contributed by atoms with van der Waals surface area (Å²) < 4.78 is 0.563. The van der Waals surface area contributed by atoms with Gasteiger partial charge >= 0.3 is 0 Å². The highest BCUT2D eigenvalue weighted by molar-refractivity contribution is 7.73. The van der Waals surface area contributed by atoms with Gasteiger partial charge in [-0.15, -0.1) is 16.4 Å². The van der Waals surface area contributed by atoms with Gasteiger partial charge in [0.15, 0.2) is 3.95 Å². The van der Waals surface area contributed by atoms with E-state index in [1.165, 1.54) is 16.2 Å². The number of hydrogen-bond donors (Lipinski definition) is 2. The molecular weight excluding hydrogens is 262 g/mol. The number of H-pyrrole nitrogens is 1. The van der Waals surface area contributed by atoms with Crippen molar-refractivity contribution < 1.29 is 4.79 Å². The molecule has 0 fully saturated rings. The van der Waals surface area contributed by atoms with Gasteiger partial charge in [0.1, 0.15) is 0 Å². The van der Waals surface area contributed by atoms with Crippen LogP contribution in [0.3, 0.4) is 0 Å². The van der Waals surface area contributed by atoms with Gasteiger partial charge in [0.05, 0.1) is 0 Å². The molecule has 0 aliphatic heterocycles. The largest absolute Gasteiger partial charge is 0.301 e. The summed E-state index contributed by atoms with van der Waals surface area (Å²) in [4.78, 5) is 12.7. The van der Waals surface area contributed by atoms with Crippen LogP contribution in [0.15, 0.2) is 17.5 Å². The van der Waals surface area contributed by atoms with Crippen LogP contribution in [0.4, 0.5) is 5.13 Å². The highest BCUT2D eigenvalue weighted by Gasteiger charge is 2.05. The first-order chi connectivity index (χ1) is 7.74. The smallest absolute Gasteiger partial charge is 0.226 e. The second-order valence-electron chi connectivity index (χ2n) is 3.05. The highest BCUT2D eigenvalue weighted by Crippen LogP contribution is 2.13. The van der Waals surface area contributed by atoms with E-state index in [-0.39, 0.29) is 5.91 Å². The third-order valence-corrected chi connectivity index (χ3v) is 3.80. The molecule has 2 rings (SSSR count). The number of nitrogens with one attached hydrogen (secondary N) is 2. The van der Waals surface area contributed by atoms with Crippen molar-refractivity contribution in [2.45, 2.75) is 12.8 Å². The van der Waals surface area contributed by atoms with E-state index in [1.54, 1.807) is 11.3 Å². The monoisotopic (exact) mass is 271 g/mol. The minimum atomic E-state index is -0.0360. The van der Waals surface area contributed by atoms with Crippen LogP contribution >= 0.6 is 34.9 Å². The maximum absolute atomic E-state index is 11.5. The number of rotatable bonds is 4. The van der Waals surface area contributed by atoms with Crippen LogP contribution in [-0.4, -0.2) is 16.1 Å². The van der Waals surface area contributed by atoms with E-state index in [4.69, 9.17) is 12.2 Å². The van der Waals surface area contributed by atoms with Gasteiger partial charge in [0.2, 0.25) is 11.0 Å². The molecule has 2 heterocycles. The van der Waals surface area contributed by atoms with Crippen molar-refractivity contribution in [1.29, 1.82) is 0 Å². The lowest BCUT2D eigenvalue weighted by Gasteiger charge is -1.99. The topological polar surface area (TPSA) is 57.8 Å². The van der Waals surface area contributed by atoms with Gasteiger partial charge in [-0.2, -0.15) is 0 Å². The molecule has 4 nitrogen and oxygen atoms in total. The van der Waals surface area contributed by atoms with Crippen molar-refractivity contribution in [2.75, 3.05) is 5.32 Å². The number of aromatic nitrogens is 2. The molecule has 2 aromatic rings. The number of nitrogens with zero attached hydrogens (tertiary/aromatic N) is 1. The summed E-state index contributed by atoms with van der Waals surface area (Å²) in [5.74, 6) is -0.0360. The van der Waals surface area contributed by atoms with Gasteiger partial charge in [-0.05, 0) is 30.1 Å². The summed E-state index contributed by atoms with van der Waals surface area (Å²) >= 11 is 7.78. The molecule has 0 radical (unpaired) electrons. The van der Waals surface area contributed by atoms with Gasteiger partial charge in [0.25, 0.3) is 0 Å². The molecule has 0 saturated carbocycles. The average Bonchev–Trinajstić information content (AvgIpc) is 2.87. The summed E-state index contributed by atoms with van der Waals surface area (Å²) in [6.45, 7) is 0. The summed E-state index contributed by atoms with van der Waals surface area (Å²) in [7, 11) is 0. The Balaban J connectivity index is 1.83. The van der Waals surface area contributed by atoms with E-state index in [2.05, 4.69) is 15.5 Å². The molecule has 0 aliphatic carbocycles. The third kappa shape index (κ3) is 3.22. The van der Waals surface area contributed by atoms with Gasteiger partial charge in [-0.3, -0.25) is 9.89 Å². The second kappa shape index (κ2) is 5.33. The zero-order valence-corrected chi connectivity index (χ0v) is 10.7. The minimum Gasteiger partial charge on any atom is -0.301 e. The Morgan fingerprint density at radius 3 is 3.12 bits per heavy atom. The fraction of sp³-hybridized carbons (Fsp3) is 0.222. The van der Waals surface area contributed by atoms with E-state index in [9.17, 15) is 4.79 Å². The molecule has 0 aliphatic rings. The first kappa shape index (κ1) is 11.4. The molecule has 84 valence electrons. The molecule has 7 heteroatoms. The van der Waals surface area contributed by atoms with Gasteiger partial charge in [-0.1, -0.05) is 17.4 Å². The van der Waals surface area contributed by atoms with Crippen LogP contribution < -0.4 is 5.32 Å². The Kier molecular flexibility index (Phi) is 3.81. The lowest BCUT2D eigenvalue weighted by molar-refractivity contribution is -0.116. The molecular formula is C9H9N3OS3. The van der Waals surface area contributed by atoms with Crippen LogP contribution in [-0.2, 0) is 11.2 Å². The Morgan fingerprint density at radius 2 is 2.50 bits per heavy atom. The molecule has 0 spiro atoms. The van der Waals surface area contributed by atoms with Crippen LogP contribution in [0, 0.1) is 3.95 Å².